The smallest absolute Gasteiger partial charge is 0.264 e. The summed E-state index contributed by atoms with van der Waals surface area (Å²) in [6.45, 7) is 2.19. The lowest BCUT2D eigenvalue weighted by Gasteiger charge is -2.23. The molecular weight excluding hydrogens is 315 g/mol. The third kappa shape index (κ3) is 3.12. The molecule has 23 heavy (non-hydrogen) atoms. The minimum Gasteiger partial charge on any atom is -0.326 e. The predicted molar refractivity (Wildman–Crippen MR) is 88.1 cm³/mol. The van der Waals surface area contributed by atoms with Gasteiger partial charge in [-0.1, -0.05) is 12.1 Å². The van der Waals surface area contributed by atoms with Gasteiger partial charge in [0.15, 0.2) is 0 Å². The van der Waals surface area contributed by atoms with Gasteiger partial charge >= 0.3 is 0 Å². The molecule has 1 aromatic heterocycles. The maximum absolute atomic E-state index is 13.6. The lowest BCUT2D eigenvalue weighted by Crippen LogP contribution is -2.43. The number of benzene rings is 1. The Morgan fingerprint density at radius 3 is 2.87 bits per heavy atom. The first-order valence-corrected chi connectivity index (χ1v) is 8.36. The molecule has 1 saturated heterocycles. The minimum absolute atomic E-state index is 0.117. The van der Waals surface area contributed by atoms with Crippen molar-refractivity contribution in [3.05, 3.63) is 52.0 Å². The van der Waals surface area contributed by atoms with Gasteiger partial charge in [0.1, 0.15) is 11.9 Å². The van der Waals surface area contributed by atoms with Crippen molar-refractivity contribution in [3.8, 4) is 0 Å². The van der Waals surface area contributed by atoms with E-state index in [4.69, 9.17) is 0 Å². The number of carbonyl (C=O) groups excluding carboxylic acids is 2. The number of carbonyl (C=O) groups is 2. The molecule has 0 saturated carbocycles. The van der Waals surface area contributed by atoms with Crippen molar-refractivity contribution in [2.24, 2.45) is 0 Å². The fourth-order valence-corrected chi connectivity index (χ4v) is 3.46. The number of hydrogen-bond donors (Lipinski definition) is 1. The van der Waals surface area contributed by atoms with E-state index in [0.717, 1.165) is 6.42 Å². The summed E-state index contributed by atoms with van der Waals surface area (Å²) in [6, 6.07) is 7.65. The average Bonchev–Trinajstić information content (AvgIpc) is 3.21. The van der Waals surface area contributed by atoms with Gasteiger partial charge in [-0.05, 0) is 43.3 Å². The van der Waals surface area contributed by atoms with Crippen LogP contribution in [-0.2, 0) is 4.79 Å². The summed E-state index contributed by atoms with van der Waals surface area (Å²) < 4.78 is 13.6. The van der Waals surface area contributed by atoms with Crippen molar-refractivity contribution in [2.75, 3.05) is 11.9 Å². The molecule has 1 fully saturated rings. The first-order valence-electron chi connectivity index (χ1n) is 7.48. The van der Waals surface area contributed by atoms with Crippen molar-refractivity contribution in [1.29, 1.82) is 0 Å². The molecule has 1 atom stereocenters. The molecule has 1 aliphatic heterocycles. The summed E-state index contributed by atoms with van der Waals surface area (Å²) in [7, 11) is 0. The Balaban J connectivity index is 1.76. The van der Waals surface area contributed by atoms with Crippen LogP contribution < -0.4 is 5.32 Å². The van der Waals surface area contributed by atoms with Crippen LogP contribution >= 0.6 is 11.3 Å². The van der Waals surface area contributed by atoms with Gasteiger partial charge in [0, 0.05) is 17.8 Å². The largest absolute Gasteiger partial charge is 0.326 e. The lowest BCUT2D eigenvalue weighted by molar-refractivity contribution is -0.119. The minimum atomic E-state index is -0.507. The number of amides is 2. The van der Waals surface area contributed by atoms with E-state index in [0.29, 0.717) is 29.1 Å². The second kappa shape index (κ2) is 6.50. The standard InChI is InChI=1S/C17H17FN2O2S/c1-11-12(18)5-2-6-13(11)19-16(21)14-7-3-9-20(14)17(22)15-8-4-10-23-15/h2,4-6,8,10,14H,3,7,9H2,1H3,(H,19,21)/t14-/m1/s1. The zero-order chi connectivity index (χ0) is 16.4. The zero-order valence-electron chi connectivity index (χ0n) is 12.7. The molecule has 0 spiro atoms. The summed E-state index contributed by atoms with van der Waals surface area (Å²) in [5.41, 5.74) is 0.848. The summed E-state index contributed by atoms with van der Waals surface area (Å²) >= 11 is 1.37. The van der Waals surface area contributed by atoms with Crippen molar-refractivity contribution >= 4 is 28.8 Å². The molecule has 2 heterocycles. The average molecular weight is 332 g/mol. The molecule has 0 radical (unpaired) electrons. The molecule has 0 bridgehead atoms. The van der Waals surface area contributed by atoms with Gasteiger partial charge in [0.05, 0.1) is 4.88 Å². The number of likely N-dealkylation sites (tertiary alicyclic amines) is 1. The van der Waals surface area contributed by atoms with Crippen LogP contribution in [0.15, 0.2) is 35.7 Å². The van der Waals surface area contributed by atoms with Gasteiger partial charge in [0.25, 0.3) is 5.91 Å². The number of hydrogen-bond acceptors (Lipinski definition) is 3. The van der Waals surface area contributed by atoms with E-state index in [9.17, 15) is 14.0 Å². The highest BCUT2D eigenvalue weighted by Crippen LogP contribution is 2.24. The molecule has 6 heteroatoms. The van der Waals surface area contributed by atoms with Crippen LogP contribution in [0.4, 0.5) is 10.1 Å². The maximum atomic E-state index is 13.6. The number of halogens is 1. The van der Waals surface area contributed by atoms with Crippen molar-refractivity contribution in [2.45, 2.75) is 25.8 Å². The van der Waals surface area contributed by atoms with E-state index in [1.807, 2.05) is 11.4 Å². The van der Waals surface area contributed by atoms with E-state index < -0.39 is 6.04 Å². The van der Waals surface area contributed by atoms with Gasteiger partial charge in [-0.3, -0.25) is 9.59 Å². The number of rotatable bonds is 3. The number of nitrogens with one attached hydrogen (secondary N) is 1. The van der Waals surface area contributed by atoms with Gasteiger partial charge < -0.3 is 10.2 Å². The van der Waals surface area contributed by atoms with Gasteiger partial charge in [-0.2, -0.15) is 0 Å². The van der Waals surface area contributed by atoms with Crippen LogP contribution in [0, 0.1) is 12.7 Å². The van der Waals surface area contributed by atoms with Crippen molar-refractivity contribution < 1.29 is 14.0 Å². The summed E-state index contributed by atoms with van der Waals surface area (Å²) in [6.07, 6.45) is 1.41. The van der Waals surface area contributed by atoms with Gasteiger partial charge in [-0.25, -0.2) is 4.39 Å². The van der Waals surface area contributed by atoms with Gasteiger partial charge in [-0.15, -0.1) is 11.3 Å². The van der Waals surface area contributed by atoms with Crippen LogP contribution in [-0.4, -0.2) is 29.3 Å². The molecule has 1 aliphatic rings. The topological polar surface area (TPSA) is 49.4 Å². The lowest BCUT2D eigenvalue weighted by atomic mass is 10.1. The Hall–Kier alpha value is -2.21. The zero-order valence-corrected chi connectivity index (χ0v) is 13.5. The van der Waals surface area contributed by atoms with E-state index >= 15 is 0 Å². The van der Waals surface area contributed by atoms with Crippen LogP contribution in [0.2, 0.25) is 0 Å². The second-order valence-electron chi connectivity index (χ2n) is 5.54. The predicted octanol–water partition coefficient (Wildman–Crippen LogP) is 3.44. The van der Waals surface area contributed by atoms with Crippen LogP contribution in [0.25, 0.3) is 0 Å². The normalized spacial score (nSPS) is 17.3. The molecule has 4 nitrogen and oxygen atoms in total. The Morgan fingerprint density at radius 1 is 1.30 bits per heavy atom. The Labute approximate surface area is 137 Å². The first kappa shape index (κ1) is 15.7. The SMILES string of the molecule is Cc1c(F)cccc1NC(=O)[C@H]1CCCN1C(=O)c1cccs1. The van der Waals surface area contributed by atoms with Crippen LogP contribution in [0.3, 0.4) is 0 Å². The summed E-state index contributed by atoms with van der Waals surface area (Å²) in [5, 5.41) is 4.60. The Bertz CT molecular complexity index is 730. The van der Waals surface area contributed by atoms with E-state index in [1.54, 1.807) is 30.0 Å². The number of anilines is 1. The molecule has 2 aromatic rings. The highest BCUT2D eigenvalue weighted by atomic mass is 32.1. The highest BCUT2D eigenvalue weighted by molar-refractivity contribution is 7.12. The maximum Gasteiger partial charge on any atom is 0.264 e. The fourth-order valence-electron chi connectivity index (χ4n) is 2.78. The highest BCUT2D eigenvalue weighted by Gasteiger charge is 2.35. The molecule has 120 valence electrons. The van der Waals surface area contributed by atoms with E-state index in [2.05, 4.69) is 5.32 Å². The molecular formula is C17H17FN2O2S. The van der Waals surface area contributed by atoms with Gasteiger partial charge in [0.2, 0.25) is 5.91 Å². The first-order chi connectivity index (χ1) is 11.1. The second-order valence-corrected chi connectivity index (χ2v) is 6.48. The van der Waals surface area contributed by atoms with Crippen LogP contribution in [0.5, 0.6) is 0 Å². The molecule has 2 amide bonds. The monoisotopic (exact) mass is 332 g/mol. The quantitative estimate of drug-likeness (QED) is 0.936. The summed E-state index contributed by atoms with van der Waals surface area (Å²) in [4.78, 5) is 27.3. The summed E-state index contributed by atoms with van der Waals surface area (Å²) in [5.74, 6) is -0.740. The van der Waals surface area contributed by atoms with Crippen molar-refractivity contribution in [1.82, 2.24) is 4.90 Å². The number of thiophene rings is 1. The third-order valence-corrected chi connectivity index (χ3v) is 4.93. The molecule has 1 aromatic carbocycles. The third-order valence-electron chi connectivity index (χ3n) is 4.07. The molecule has 0 aliphatic carbocycles. The van der Waals surface area contributed by atoms with E-state index in [1.165, 1.54) is 17.4 Å². The molecule has 1 N–H and O–H groups in total. The van der Waals surface area contributed by atoms with Crippen LogP contribution in [0.1, 0.15) is 28.1 Å². The Morgan fingerprint density at radius 2 is 2.13 bits per heavy atom. The number of nitrogens with zero attached hydrogens (tertiary/aromatic N) is 1. The molecule has 0 unspecified atom stereocenters. The van der Waals surface area contributed by atoms with Crippen molar-refractivity contribution in [3.63, 3.8) is 0 Å². The molecule has 3 rings (SSSR count). The van der Waals surface area contributed by atoms with E-state index in [-0.39, 0.29) is 17.6 Å². The Kier molecular flexibility index (Phi) is 4.43. The fraction of sp³-hybridized carbons (Fsp3) is 0.294.